The fraction of sp³-hybridized carbons (Fsp3) is 0.500. The summed E-state index contributed by atoms with van der Waals surface area (Å²) in [6, 6.07) is 2.07. The number of allylic oxidation sites excluding steroid dienone is 1. The van der Waals surface area contributed by atoms with E-state index in [4.69, 9.17) is 0 Å². The van der Waals surface area contributed by atoms with Crippen molar-refractivity contribution < 1.29 is 5.11 Å². The first-order valence-corrected chi connectivity index (χ1v) is 8.40. The largest absolute Gasteiger partial charge is 0.510 e. The number of aryl methyl sites for hydroxylation is 2. The molecule has 23 heavy (non-hydrogen) atoms. The Bertz CT molecular complexity index is 770. The van der Waals surface area contributed by atoms with Gasteiger partial charge in [-0.3, -0.25) is 0 Å². The number of nitriles is 1. The van der Waals surface area contributed by atoms with E-state index in [1.54, 1.807) is 10.9 Å². The Kier molecular flexibility index (Phi) is 4.62. The number of hydrogen-bond donors (Lipinski definition) is 1. The first-order valence-electron chi connectivity index (χ1n) is 7.42. The molecule has 3 heterocycles. The van der Waals surface area contributed by atoms with Crippen LogP contribution in [0, 0.1) is 11.3 Å². The minimum absolute atomic E-state index is 0.0139. The highest BCUT2D eigenvalue weighted by atomic mass is 32.2. The Labute approximate surface area is 137 Å². The van der Waals surface area contributed by atoms with Gasteiger partial charge >= 0.3 is 0 Å². The molecular formula is C14H17N7OS. The van der Waals surface area contributed by atoms with E-state index in [1.165, 1.54) is 11.8 Å². The lowest BCUT2D eigenvalue weighted by Crippen LogP contribution is -2.07. The van der Waals surface area contributed by atoms with Gasteiger partial charge < -0.3 is 14.2 Å². The molecule has 9 heteroatoms. The number of aliphatic hydroxyl groups excluding tert-OH is 1. The molecule has 2 aromatic heterocycles. The molecule has 0 radical (unpaired) electrons. The maximum Gasteiger partial charge on any atom is 0.191 e. The summed E-state index contributed by atoms with van der Waals surface area (Å²) >= 11 is 1.32. The van der Waals surface area contributed by atoms with Crippen LogP contribution in [0.5, 0.6) is 0 Å². The van der Waals surface area contributed by atoms with Crippen LogP contribution >= 0.6 is 11.8 Å². The lowest BCUT2D eigenvalue weighted by atomic mass is 10.2. The summed E-state index contributed by atoms with van der Waals surface area (Å²) in [7, 11) is 1.83. The summed E-state index contributed by atoms with van der Waals surface area (Å²) in [5.74, 6) is 1.57. The summed E-state index contributed by atoms with van der Waals surface area (Å²) in [4.78, 5) is 0. The second kappa shape index (κ2) is 6.83. The minimum Gasteiger partial charge on any atom is -0.510 e. The van der Waals surface area contributed by atoms with E-state index < -0.39 is 0 Å². The number of thioether (sulfide) groups is 1. The monoisotopic (exact) mass is 331 g/mol. The maximum atomic E-state index is 10.3. The molecule has 0 saturated heterocycles. The molecule has 1 aliphatic heterocycles. The van der Waals surface area contributed by atoms with E-state index in [0.29, 0.717) is 11.0 Å². The molecule has 3 rings (SSSR count). The lowest BCUT2D eigenvalue weighted by Gasteiger charge is -2.07. The Morgan fingerprint density at radius 1 is 1.35 bits per heavy atom. The number of hydrogen-bond acceptors (Lipinski definition) is 7. The van der Waals surface area contributed by atoms with Gasteiger partial charge in [0.05, 0.1) is 5.75 Å². The van der Waals surface area contributed by atoms with E-state index >= 15 is 0 Å². The zero-order chi connectivity index (χ0) is 16.2. The summed E-state index contributed by atoms with van der Waals surface area (Å²) in [6.07, 6.45) is 5.71. The van der Waals surface area contributed by atoms with Gasteiger partial charge in [-0.1, -0.05) is 18.2 Å². The van der Waals surface area contributed by atoms with Crippen LogP contribution in [-0.2, 0) is 20.0 Å². The van der Waals surface area contributed by atoms with Crippen molar-refractivity contribution >= 4 is 17.3 Å². The quantitative estimate of drug-likeness (QED) is 0.516. The van der Waals surface area contributed by atoms with E-state index in [1.807, 2.05) is 11.6 Å². The molecule has 0 saturated carbocycles. The molecular weight excluding hydrogens is 314 g/mol. The van der Waals surface area contributed by atoms with Crippen LogP contribution in [0.2, 0.25) is 0 Å². The number of fused-ring (bicyclic) bond motifs is 1. The van der Waals surface area contributed by atoms with E-state index in [0.717, 1.165) is 38.1 Å². The first kappa shape index (κ1) is 15.6. The summed E-state index contributed by atoms with van der Waals surface area (Å²) in [5, 5.41) is 36.5. The third-order valence-electron chi connectivity index (χ3n) is 3.74. The first-order chi connectivity index (χ1) is 11.2. The zero-order valence-corrected chi connectivity index (χ0v) is 13.6. The molecule has 0 aromatic carbocycles. The molecule has 0 atom stereocenters. The van der Waals surface area contributed by atoms with Gasteiger partial charge in [0, 0.05) is 20.0 Å². The molecule has 2 aromatic rings. The van der Waals surface area contributed by atoms with Gasteiger partial charge in [-0.2, -0.15) is 5.26 Å². The van der Waals surface area contributed by atoms with Crippen molar-refractivity contribution in [2.75, 3.05) is 5.75 Å². The Balaban J connectivity index is 1.85. The third-order valence-corrected chi connectivity index (χ3v) is 4.79. The van der Waals surface area contributed by atoms with Gasteiger partial charge in [0.15, 0.2) is 11.0 Å². The average molecular weight is 331 g/mol. The molecule has 0 spiro atoms. The Hall–Kier alpha value is -2.34. The summed E-state index contributed by atoms with van der Waals surface area (Å²) in [6.45, 7) is 0.784. The molecule has 1 N–H and O–H groups in total. The fourth-order valence-corrected chi connectivity index (χ4v) is 3.29. The van der Waals surface area contributed by atoms with Crippen LogP contribution in [0.4, 0.5) is 0 Å². The van der Waals surface area contributed by atoms with Gasteiger partial charge in [0.25, 0.3) is 0 Å². The van der Waals surface area contributed by atoms with Crippen LogP contribution in [0.25, 0.3) is 5.57 Å². The summed E-state index contributed by atoms with van der Waals surface area (Å²) in [5.41, 5.74) is 0.181. The van der Waals surface area contributed by atoms with Crippen molar-refractivity contribution in [3.63, 3.8) is 0 Å². The fourth-order valence-electron chi connectivity index (χ4n) is 2.52. The minimum atomic E-state index is -0.0139. The van der Waals surface area contributed by atoms with E-state index in [-0.39, 0.29) is 17.1 Å². The van der Waals surface area contributed by atoms with Crippen molar-refractivity contribution in [3.8, 4) is 6.07 Å². The average Bonchev–Trinajstić information content (AvgIpc) is 3.05. The van der Waals surface area contributed by atoms with E-state index in [2.05, 4.69) is 26.5 Å². The molecule has 120 valence electrons. The number of aliphatic hydroxyl groups is 1. The molecule has 0 fully saturated rings. The number of rotatable bonds is 4. The Morgan fingerprint density at radius 3 is 2.96 bits per heavy atom. The zero-order valence-electron chi connectivity index (χ0n) is 12.8. The smallest absolute Gasteiger partial charge is 0.191 e. The standard InChI is InChI=1S/C14H17N7OS/c1-20-9-16-19-14(20)23-8-11(22)10(7-15)13-18-17-12-5-3-2-4-6-21(12)13/h9,22H,2-6,8H2,1H3/b11-10-. The lowest BCUT2D eigenvalue weighted by molar-refractivity contribution is 0.419. The molecule has 0 bridgehead atoms. The topological polar surface area (TPSA) is 105 Å². The molecule has 0 unspecified atom stereocenters. The van der Waals surface area contributed by atoms with Gasteiger partial charge in [0.2, 0.25) is 0 Å². The molecule has 0 amide bonds. The highest BCUT2D eigenvalue weighted by Gasteiger charge is 2.20. The Morgan fingerprint density at radius 2 is 2.22 bits per heavy atom. The second-order valence-corrected chi connectivity index (χ2v) is 6.29. The maximum absolute atomic E-state index is 10.3. The summed E-state index contributed by atoms with van der Waals surface area (Å²) < 4.78 is 3.71. The predicted molar refractivity (Wildman–Crippen MR) is 84.5 cm³/mol. The van der Waals surface area contributed by atoms with Crippen LogP contribution in [0.15, 0.2) is 17.2 Å². The van der Waals surface area contributed by atoms with Crippen molar-refractivity contribution in [2.45, 2.75) is 37.4 Å². The van der Waals surface area contributed by atoms with E-state index in [9.17, 15) is 10.4 Å². The van der Waals surface area contributed by atoms with Crippen LogP contribution in [-0.4, -0.2) is 40.4 Å². The highest BCUT2D eigenvalue weighted by Crippen LogP contribution is 2.24. The van der Waals surface area contributed by atoms with Crippen LogP contribution in [0.3, 0.4) is 0 Å². The van der Waals surface area contributed by atoms with Gasteiger partial charge in [-0.05, 0) is 12.8 Å². The third kappa shape index (κ3) is 3.22. The molecule has 1 aliphatic rings. The molecule has 8 nitrogen and oxygen atoms in total. The highest BCUT2D eigenvalue weighted by molar-refractivity contribution is 7.99. The van der Waals surface area contributed by atoms with Crippen molar-refractivity contribution in [1.29, 1.82) is 5.26 Å². The van der Waals surface area contributed by atoms with Crippen molar-refractivity contribution in [1.82, 2.24) is 29.5 Å². The second-order valence-electron chi connectivity index (χ2n) is 5.35. The normalized spacial score (nSPS) is 15.5. The predicted octanol–water partition coefficient (Wildman–Crippen LogP) is 1.72. The number of nitrogens with zero attached hydrogens (tertiary/aromatic N) is 7. The SMILES string of the molecule is Cn1cnnc1SC/C(O)=C(\C#N)c1nnc2n1CCCCC2. The van der Waals surface area contributed by atoms with Crippen molar-refractivity contribution in [2.24, 2.45) is 7.05 Å². The van der Waals surface area contributed by atoms with Gasteiger partial charge in [0.1, 0.15) is 29.6 Å². The van der Waals surface area contributed by atoms with Crippen LogP contribution < -0.4 is 0 Å². The molecule has 0 aliphatic carbocycles. The van der Waals surface area contributed by atoms with Gasteiger partial charge in [-0.15, -0.1) is 20.4 Å². The van der Waals surface area contributed by atoms with Gasteiger partial charge in [-0.25, -0.2) is 0 Å². The van der Waals surface area contributed by atoms with Crippen LogP contribution in [0.1, 0.15) is 30.9 Å². The van der Waals surface area contributed by atoms with Crippen molar-refractivity contribution in [3.05, 3.63) is 23.7 Å². The number of aromatic nitrogens is 6.